The van der Waals surface area contributed by atoms with E-state index in [0.717, 1.165) is 53.9 Å². The van der Waals surface area contributed by atoms with Crippen molar-refractivity contribution in [2.45, 2.75) is 25.8 Å². The fourth-order valence-corrected chi connectivity index (χ4v) is 3.77. The summed E-state index contributed by atoms with van der Waals surface area (Å²) in [5.74, 6) is 1.10. The number of hydrogen-bond acceptors (Lipinski definition) is 6. The molecule has 0 aliphatic carbocycles. The summed E-state index contributed by atoms with van der Waals surface area (Å²) in [6.07, 6.45) is 7.28. The van der Waals surface area contributed by atoms with Crippen LogP contribution in [0.3, 0.4) is 0 Å². The van der Waals surface area contributed by atoms with Crippen LogP contribution in [0.4, 0.5) is 5.82 Å². The molecule has 1 aliphatic heterocycles. The summed E-state index contributed by atoms with van der Waals surface area (Å²) in [7, 11) is 0. The van der Waals surface area contributed by atoms with E-state index in [0.29, 0.717) is 10.8 Å². The normalized spacial score (nSPS) is 17.7. The van der Waals surface area contributed by atoms with Crippen molar-refractivity contribution in [3.8, 4) is 11.4 Å². The van der Waals surface area contributed by atoms with Gasteiger partial charge in [-0.05, 0) is 32.4 Å². The van der Waals surface area contributed by atoms with Gasteiger partial charge in [0.05, 0.1) is 11.6 Å². The Bertz CT molecular complexity index is 1020. The van der Waals surface area contributed by atoms with Crippen molar-refractivity contribution in [1.82, 2.24) is 24.8 Å². The number of nitrogens with zero attached hydrogens (tertiary/aromatic N) is 4. The molecule has 4 N–H and O–H groups in total. The van der Waals surface area contributed by atoms with Crippen molar-refractivity contribution in [2.24, 2.45) is 5.73 Å². The second-order valence-corrected chi connectivity index (χ2v) is 7.60. The van der Waals surface area contributed by atoms with Crippen LogP contribution in [0, 0.1) is 6.92 Å². The standard InChI is InChI=1S/C19H22ClN7O/c1-11-6-22-19(15-8-24-18-14(15)5-12(20)7-23-18)26-17(11)25-13-3-2-4-27(9-13)10-16(21)28/h5-8,13H,2-4,9-10H2,1H3,(H2,21,28)(H,23,24)(H,22,25,26). The van der Waals surface area contributed by atoms with Crippen molar-refractivity contribution in [1.29, 1.82) is 0 Å². The molecular formula is C19H22ClN7O. The monoisotopic (exact) mass is 399 g/mol. The number of pyridine rings is 1. The zero-order valence-corrected chi connectivity index (χ0v) is 16.3. The number of anilines is 1. The SMILES string of the molecule is Cc1cnc(-c2c[nH]c3ncc(Cl)cc23)nc1NC1CCCN(CC(N)=O)C1. The smallest absolute Gasteiger partial charge is 0.231 e. The number of amides is 1. The Kier molecular flexibility index (Phi) is 5.15. The number of aromatic amines is 1. The molecule has 3 aromatic heterocycles. The highest BCUT2D eigenvalue weighted by Gasteiger charge is 2.22. The molecule has 146 valence electrons. The first-order valence-corrected chi connectivity index (χ1v) is 9.61. The maximum atomic E-state index is 11.2. The molecule has 0 radical (unpaired) electrons. The van der Waals surface area contributed by atoms with E-state index in [1.54, 1.807) is 6.20 Å². The Hall–Kier alpha value is -2.71. The minimum absolute atomic E-state index is 0.202. The lowest BCUT2D eigenvalue weighted by molar-refractivity contribution is -0.119. The number of nitrogens with one attached hydrogen (secondary N) is 2. The molecule has 8 nitrogen and oxygen atoms in total. The van der Waals surface area contributed by atoms with Gasteiger partial charge in [0.2, 0.25) is 5.91 Å². The molecule has 1 saturated heterocycles. The van der Waals surface area contributed by atoms with E-state index in [1.165, 1.54) is 0 Å². The number of carbonyl (C=O) groups excluding carboxylic acids is 1. The number of H-pyrrole nitrogens is 1. The highest BCUT2D eigenvalue weighted by molar-refractivity contribution is 6.31. The summed E-state index contributed by atoms with van der Waals surface area (Å²) < 4.78 is 0. The van der Waals surface area contributed by atoms with Gasteiger partial charge >= 0.3 is 0 Å². The molecule has 1 fully saturated rings. The average Bonchev–Trinajstić information content (AvgIpc) is 3.06. The Labute approximate surface area is 167 Å². The number of hydrogen-bond donors (Lipinski definition) is 3. The first-order chi connectivity index (χ1) is 13.5. The summed E-state index contributed by atoms with van der Waals surface area (Å²) in [4.78, 5) is 30.0. The predicted molar refractivity (Wildman–Crippen MR) is 109 cm³/mol. The average molecular weight is 400 g/mol. The fraction of sp³-hybridized carbons (Fsp3) is 0.368. The van der Waals surface area contributed by atoms with Gasteiger partial charge < -0.3 is 16.0 Å². The minimum atomic E-state index is -0.298. The molecule has 0 aromatic carbocycles. The van der Waals surface area contributed by atoms with Gasteiger partial charge in [0.1, 0.15) is 11.5 Å². The first kappa shape index (κ1) is 18.6. The van der Waals surface area contributed by atoms with Crippen molar-refractivity contribution < 1.29 is 4.79 Å². The molecule has 28 heavy (non-hydrogen) atoms. The first-order valence-electron chi connectivity index (χ1n) is 9.23. The number of halogens is 1. The molecular weight excluding hydrogens is 378 g/mol. The molecule has 1 atom stereocenters. The highest BCUT2D eigenvalue weighted by atomic mass is 35.5. The third-order valence-corrected chi connectivity index (χ3v) is 5.14. The van der Waals surface area contributed by atoms with Crippen LogP contribution in [-0.4, -0.2) is 56.4 Å². The maximum Gasteiger partial charge on any atom is 0.231 e. The second kappa shape index (κ2) is 7.73. The van der Waals surface area contributed by atoms with E-state index < -0.39 is 0 Å². The number of likely N-dealkylation sites (tertiary alicyclic amines) is 1. The Morgan fingerprint density at radius 1 is 1.43 bits per heavy atom. The highest BCUT2D eigenvalue weighted by Crippen LogP contribution is 2.28. The molecule has 9 heteroatoms. The lowest BCUT2D eigenvalue weighted by Gasteiger charge is -2.32. The minimum Gasteiger partial charge on any atom is -0.369 e. The second-order valence-electron chi connectivity index (χ2n) is 7.16. The zero-order valence-electron chi connectivity index (χ0n) is 15.6. The van der Waals surface area contributed by atoms with Gasteiger partial charge in [0, 0.05) is 47.7 Å². The Morgan fingerprint density at radius 3 is 3.11 bits per heavy atom. The lowest BCUT2D eigenvalue weighted by Crippen LogP contribution is -2.45. The molecule has 0 bridgehead atoms. The van der Waals surface area contributed by atoms with Crippen molar-refractivity contribution >= 4 is 34.4 Å². The van der Waals surface area contributed by atoms with Crippen molar-refractivity contribution in [3.05, 3.63) is 35.2 Å². The van der Waals surface area contributed by atoms with E-state index >= 15 is 0 Å². The largest absolute Gasteiger partial charge is 0.369 e. The fourth-order valence-electron chi connectivity index (χ4n) is 3.61. The molecule has 3 aromatic rings. The molecule has 1 aliphatic rings. The van der Waals surface area contributed by atoms with Crippen LogP contribution < -0.4 is 11.1 Å². The number of nitrogens with two attached hydrogens (primary N) is 1. The Morgan fingerprint density at radius 2 is 2.29 bits per heavy atom. The lowest BCUT2D eigenvalue weighted by atomic mass is 10.1. The number of piperidine rings is 1. The van der Waals surface area contributed by atoms with Crippen LogP contribution in [0.25, 0.3) is 22.4 Å². The van der Waals surface area contributed by atoms with Gasteiger partial charge in [-0.15, -0.1) is 0 Å². The predicted octanol–water partition coefficient (Wildman–Crippen LogP) is 2.34. The van der Waals surface area contributed by atoms with Gasteiger partial charge in [0.15, 0.2) is 5.82 Å². The molecule has 1 amide bonds. The van der Waals surface area contributed by atoms with Crippen molar-refractivity contribution in [3.63, 3.8) is 0 Å². The van der Waals surface area contributed by atoms with E-state index in [-0.39, 0.29) is 18.5 Å². The van der Waals surface area contributed by atoms with Crippen LogP contribution in [0.5, 0.6) is 0 Å². The zero-order chi connectivity index (χ0) is 19.7. The van der Waals surface area contributed by atoms with Gasteiger partial charge in [-0.1, -0.05) is 11.6 Å². The van der Waals surface area contributed by atoms with E-state index in [9.17, 15) is 4.79 Å². The van der Waals surface area contributed by atoms with Crippen molar-refractivity contribution in [2.75, 3.05) is 25.0 Å². The van der Waals surface area contributed by atoms with Crippen LogP contribution in [0.15, 0.2) is 24.7 Å². The molecule has 0 saturated carbocycles. The molecule has 4 rings (SSSR count). The van der Waals surface area contributed by atoms with Crippen LogP contribution >= 0.6 is 11.6 Å². The van der Waals surface area contributed by atoms with E-state index in [4.69, 9.17) is 22.3 Å². The molecule has 1 unspecified atom stereocenters. The van der Waals surface area contributed by atoms with E-state index in [2.05, 4.69) is 25.2 Å². The van der Waals surface area contributed by atoms with Gasteiger partial charge in [0.25, 0.3) is 0 Å². The van der Waals surface area contributed by atoms with Gasteiger partial charge in [-0.3, -0.25) is 9.69 Å². The number of aromatic nitrogens is 4. The van der Waals surface area contributed by atoms with Gasteiger partial charge in [-0.25, -0.2) is 15.0 Å². The summed E-state index contributed by atoms with van der Waals surface area (Å²) >= 11 is 6.10. The molecule has 4 heterocycles. The number of rotatable bonds is 5. The summed E-state index contributed by atoms with van der Waals surface area (Å²) in [5.41, 5.74) is 7.90. The number of carbonyl (C=O) groups is 1. The maximum absolute atomic E-state index is 11.2. The van der Waals surface area contributed by atoms with Crippen LogP contribution in [-0.2, 0) is 4.79 Å². The van der Waals surface area contributed by atoms with Crippen LogP contribution in [0.2, 0.25) is 5.02 Å². The number of fused-ring (bicyclic) bond motifs is 1. The third kappa shape index (κ3) is 3.93. The third-order valence-electron chi connectivity index (χ3n) is 4.94. The Balaban J connectivity index is 1.59. The summed E-state index contributed by atoms with van der Waals surface area (Å²) in [5, 5.41) is 4.96. The van der Waals surface area contributed by atoms with Gasteiger partial charge in [-0.2, -0.15) is 0 Å². The summed E-state index contributed by atoms with van der Waals surface area (Å²) in [6, 6.07) is 2.06. The van der Waals surface area contributed by atoms with E-state index in [1.807, 2.05) is 25.4 Å². The summed E-state index contributed by atoms with van der Waals surface area (Å²) in [6.45, 7) is 3.91. The number of aryl methyl sites for hydroxylation is 1. The topological polar surface area (TPSA) is 113 Å². The van der Waals surface area contributed by atoms with Crippen LogP contribution in [0.1, 0.15) is 18.4 Å². The quantitative estimate of drug-likeness (QED) is 0.607. The molecule has 0 spiro atoms. The number of primary amides is 1.